The van der Waals surface area contributed by atoms with Gasteiger partial charge in [-0.3, -0.25) is 19.3 Å². The Labute approximate surface area is 152 Å². The van der Waals surface area contributed by atoms with Gasteiger partial charge in [0.15, 0.2) is 0 Å². The Hall–Kier alpha value is -1.85. The lowest BCUT2D eigenvalue weighted by molar-refractivity contribution is -0.141. The Morgan fingerprint density at radius 1 is 0.846 bits per heavy atom. The number of hydrogen-bond donors (Lipinski definition) is 2. The van der Waals surface area contributed by atoms with Crippen molar-refractivity contribution in [3.8, 4) is 0 Å². The second kappa shape index (κ2) is 14.3. The summed E-state index contributed by atoms with van der Waals surface area (Å²) < 4.78 is 21.0. The summed E-state index contributed by atoms with van der Waals surface area (Å²) in [7, 11) is 0. The molecule has 3 N–H and O–H groups in total. The third-order valence-corrected chi connectivity index (χ3v) is 3.15. The van der Waals surface area contributed by atoms with E-state index in [9.17, 15) is 14.4 Å². The van der Waals surface area contributed by atoms with Crippen LogP contribution < -0.4 is 11.1 Å². The Bertz CT molecular complexity index is 453. The van der Waals surface area contributed by atoms with E-state index in [4.69, 9.17) is 24.7 Å². The summed E-state index contributed by atoms with van der Waals surface area (Å²) in [5, 5.41) is 2.57. The van der Waals surface area contributed by atoms with Crippen LogP contribution in [0.3, 0.4) is 0 Å². The molecule has 26 heavy (non-hydrogen) atoms. The largest absolute Gasteiger partial charge is 0.378 e. The Morgan fingerprint density at radius 3 is 1.81 bits per heavy atom. The first-order valence-electron chi connectivity index (χ1n) is 8.46. The van der Waals surface area contributed by atoms with Gasteiger partial charge in [0.1, 0.15) is 6.54 Å². The molecule has 0 aromatic carbocycles. The molecule has 10 nitrogen and oxygen atoms in total. The predicted octanol–water partition coefficient (Wildman–Crippen LogP) is -1.95. The number of amides is 3. The number of ether oxygens (including phenoxy) is 4. The molecule has 1 rings (SSSR count). The molecule has 10 heteroatoms. The summed E-state index contributed by atoms with van der Waals surface area (Å²) in [6.45, 7) is 4.11. The van der Waals surface area contributed by atoms with Crippen LogP contribution in [0.5, 0.6) is 0 Å². The SMILES string of the molecule is NCCOCCOCCOCCOCCNC(=O)CN1C(=O)C=CC1=O. The average Bonchev–Trinajstić information content (AvgIpc) is 2.94. The van der Waals surface area contributed by atoms with Crippen molar-refractivity contribution in [2.45, 2.75) is 0 Å². The Morgan fingerprint density at radius 2 is 1.31 bits per heavy atom. The summed E-state index contributed by atoms with van der Waals surface area (Å²) in [5.74, 6) is -1.38. The molecule has 0 saturated heterocycles. The summed E-state index contributed by atoms with van der Waals surface area (Å²) in [4.78, 5) is 35.1. The smallest absolute Gasteiger partial charge is 0.254 e. The Balaban J connectivity index is 1.83. The first-order chi connectivity index (χ1) is 12.6. The van der Waals surface area contributed by atoms with Gasteiger partial charge < -0.3 is 30.0 Å². The number of imide groups is 1. The van der Waals surface area contributed by atoms with E-state index in [0.717, 1.165) is 17.1 Å². The van der Waals surface area contributed by atoms with Crippen molar-refractivity contribution in [1.29, 1.82) is 0 Å². The zero-order valence-corrected chi connectivity index (χ0v) is 14.8. The highest BCUT2D eigenvalue weighted by atomic mass is 16.6. The fraction of sp³-hybridized carbons (Fsp3) is 0.688. The van der Waals surface area contributed by atoms with E-state index >= 15 is 0 Å². The molecule has 148 valence electrons. The second-order valence-electron chi connectivity index (χ2n) is 5.18. The minimum absolute atomic E-state index is 0.286. The molecule has 0 aliphatic carbocycles. The molecular formula is C16H27N3O7. The van der Waals surface area contributed by atoms with Crippen LogP contribution in [0, 0.1) is 0 Å². The molecule has 0 radical (unpaired) electrons. The van der Waals surface area contributed by atoms with Crippen molar-refractivity contribution in [3.63, 3.8) is 0 Å². The van der Waals surface area contributed by atoms with E-state index in [1.807, 2.05) is 0 Å². The van der Waals surface area contributed by atoms with E-state index in [-0.39, 0.29) is 13.1 Å². The number of carbonyl (C=O) groups excluding carboxylic acids is 3. The molecule has 1 aliphatic heterocycles. The maximum absolute atomic E-state index is 11.6. The van der Waals surface area contributed by atoms with E-state index in [1.54, 1.807) is 0 Å². The van der Waals surface area contributed by atoms with Gasteiger partial charge in [-0.25, -0.2) is 0 Å². The summed E-state index contributed by atoms with van der Waals surface area (Å²) in [6.07, 6.45) is 2.28. The molecule has 0 spiro atoms. The molecule has 3 amide bonds. The van der Waals surface area contributed by atoms with Crippen molar-refractivity contribution in [3.05, 3.63) is 12.2 Å². The van der Waals surface area contributed by atoms with Crippen LogP contribution in [0.1, 0.15) is 0 Å². The number of carbonyl (C=O) groups is 3. The Kier molecular flexibility index (Phi) is 12.2. The first-order valence-corrected chi connectivity index (χ1v) is 8.46. The highest BCUT2D eigenvalue weighted by Gasteiger charge is 2.25. The fourth-order valence-corrected chi connectivity index (χ4v) is 1.89. The highest BCUT2D eigenvalue weighted by molar-refractivity contribution is 6.14. The van der Waals surface area contributed by atoms with E-state index < -0.39 is 17.7 Å². The van der Waals surface area contributed by atoms with Gasteiger partial charge in [-0.05, 0) is 0 Å². The van der Waals surface area contributed by atoms with Gasteiger partial charge >= 0.3 is 0 Å². The third-order valence-electron chi connectivity index (χ3n) is 3.15. The van der Waals surface area contributed by atoms with Crippen molar-refractivity contribution < 1.29 is 33.3 Å². The van der Waals surface area contributed by atoms with E-state index in [1.165, 1.54) is 0 Å². The summed E-state index contributed by atoms with van der Waals surface area (Å²) in [5.41, 5.74) is 5.28. The molecule has 1 aliphatic rings. The highest BCUT2D eigenvalue weighted by Crippen LogP contribution is 2.01. The average molecular weight is 373 g/mol. The van der Waals surface area contributed by atoms with Crippen LogP contribution in [0.2, 0.25) is 0 Å². The number of nitrogens with one attached hydrogen (secondary N) is 1. The quantitative estimate of drug-likeness (QED) is 0.236. The lowest BCUT2D eigenvalue weighted by atomic mass is 10.4. The maximum atomic E-state index is 11.6. The molecule has 0 aromatic heterocycles. The lowest BCUT2D eigenvalue weighted by Crippen LogP contribution is -2.41. The molecule has 0 fully saturated rings. The van der Waals surface area contributed by atoms with Crippen LogP contribution in [-0.2, 0) is 33.3 Å². The fourth-order valence-electron chi connectivity index (χ4n) is 1.89. The van der Waals surface area contributed by atoms with Crippen LogP contribution in [0.25, 0.3) is 0 Å². The molecule has 0 saturated carbocycles. The normalized spacial score (nSPS) is 13.7. The van der Waals surface area contributed by atoms with Gasteiger partial charge in [0.2, 0.25) is 5.91 Å². The molecule has 0 unspecified atom stereocenters. The van der Waals surface area contributed by atoms with E-state index in [2.05, 4.69) is 5.32 Å². The van der Waals surface area contributed by atoms with Crippen LogP contribution >= 0.6 is 0 Å². The van der Waals surface area contributed by atoms with Gasteiger partial charge in [-0.15, -0.1) is 0 Å². The monoisotopic (exact) mass is 373 g/mol. The standard InChI is InChI=1S/C16H27N3O7/c17-3-5-23-7-9-25-11-12-26-10-8-24-6-4-18-14(20)13-19-15(21)1-2-16(19)22/h1-2H,3-13,17H2,(H,18,20). The van der Waals surface area contributed by atoms with E-state index in [0.29, 0.717) is 59.4 Å². The number of hydrogen-bond acceptors (Lipinski definition) is 8. The molecule has 0 aromatic rings. The molecular weight excluding hydrogens is 346 g/mol. The molecule has 0 atom stereocenters. The minimum atomic E-state index is -0.481. The van der Waals surface area contributed by atoms with Crippen LogP contribution in [-0.4, -0.2) is 95.1 Å². The van der Waals surface area contributed by atoms with Crippen LogP contribution in [0.15, 0.2) is 12.2 Å². The first kappa shape index (κ1) is 22.2. The van der Waals surface area contributed by atoms with Gasteiger partial charge in [-0.1, -0.05) is 0 Å². The third kappa shape index (κ3) is 10.2. The summed E-state index contributed by atoms with van der Waals surface area (Å²) >= 11 is 0. The zero-order chi connectivity index (χ0) is 19.0. The van der Waals surface area contributed by atoms with Crippen molar-refractivity contribution in [2.24, 2.45) is 5.73 Å². The number of nitrogens with zero attached hydrogens (tertiary/aromatic N) is 1. The summed E-state index contributed by atoms with van der Waals surface area (Å²) in [6, 6.07) is 0. The van der Waals surface area contributed by atoms with Gasteiger partial charge in [-0.2, -0.15) is 0 Å². The minimum Gasteiger partial charge on any atom is -0.378 e. The van der Waals surface area contributed by atoms with Crippen LogP contribution in [0.4, 0.5) is 0 Å². The molecule has 0 bridgehead atoms. The predicted molar refractivity (Wildman–Crippen MR) is 91.2 cm³/mol. The zero-order valence-electron chi connectivity index (χ0n) is 14.8. The van der Waals surface area contributed by atoms with Crippen molar-refractivity contribution in [1.82, 2.24) is 10.2 Å². The van der Waals surface area contributed by atoms with Gasteiger partial charge in [0, 0.05) is 25.2 Å². The van der Waals surface area contributed by atoms with Crippen molar-refractivity contribution >= 4 is 17.7 Å². The second-order valence-corrected chi connectivity index (χ2v) is 5.18. The lowest BCUT2D eigenvalue weighted by Gasteiger charge is -2.13. The maximum Gasteiger partial charge on any atom is 0.254 e. The van der Waals surface area contributed by atoms with Gasteiger partial charge in [0.05, 0.1) is 52.9 Å². The molecule has 1 heterocycles. The van der Waals surface area contributed by atoms with Gasteiger partial charge in [0.25, 0.3) is 11.8 Å². The topological polar surface area (TPSA) is 129 Å². The number of nitrogens with two attached hydrogens (primary N) is 1. The van der Waals surface area contributed by atoms with Crippen molar-refractivity contribution in [2.75, 3.05) is 72.5 Å². The number of rotatable bonds is 16.